The van der Waals surface area contributed by atoms with Crippen LogP contribution in [-0.2, 0) is 11.1 Å². The van der Waals surface area contributed by atoms with Gasteiger partial charge >= 0.3 is 0 Å². The smallest absolute Gasteiger partial charge is 0.224 e. The summed E-state index contributed by atoms with van der Waals surface area (Å²) in [6, 6.07) is 7.63. The lowest BCUT2D eigenvalue weighted by Gasteiger charge is -2.10. The first-order chi connectivity index (χ1) is 6.05. The van der Waals surface area contributed by atoms with Gasteiger partial charge in [-0.25, -0.2) is 0 Å². The summed E-state index contributed by atoms with van der Waals surface area (Å²) in [7, 11) is 0. The molecule has 0 saturated carbocycles. The fourth-order valence-corrected chi connectivity index (χ4v) is 3.03. The number of nitrogens with two attached hydrogens (primary N) is 1. The summed E-state index contributed by atoms with van der Waals surface area (Å²) in [4.78, 5) is 12.9. The maximum absolute atomic E-state index is 11.9. The number of Topliss-reactive ketones (excluding diaryl/α,β-unsaturated/α-hetero) is 1. The predicted octanol–water partition coefficient (Wildman–Crippen LogP) is 1.51. The van der Waals surface area contributed by atoms with Crippen LogP contribution in [0.25, 0.3) is 0 Å². The summed E-state index contributed by atoms with van der Waals surface area (Å²) in [5, 5.41) is 6.02. The van der Waals surface area contributed by atoms with Crippen LogP contribution in [-0.4, -0.2) is 10.5 Å². The quantitative estimate of drug-likeness (QED) is 0.636. The first kappa shape index (κ1) is 8.78. The van der Waals surface area contributed by atoms with Gasteiger partial charge in [0.1, 0.15) is 11.1 Å². The Morgan fingerprint density at radius 3 is 2.54 bits per heavy atom. The first-order valence-electron chi connectivity index (χ1n) is 4.18. The highest BCUT2D eigenvalue weighted by Crippen LogP contribution is 2.36. The zero-order valence-electron chi connectivity index (χ0n) is 7.70. The Kier molecular flexibility index (Phi) is 1.75. The summed E-state index contributed by atoms with van der Waals surface area (Å²) >= 11 is -0.438. The number of hydrogen-bond acceptors (Lipinski definition) is 2. The number of carbonyl (C=O) groups excluding carboxylic acids is 1. The zero-order chi connectivity index (χ0) is 9.64. The molecule has 0 saturated heterocycles. The average molecular weight is 194 g/mol. The van der Waals surface area contributed by atoms with Gasteiger partial charge in [-0.1, -0.05) is 12.1 Å². The van der Waals surface area contributed by atoms with Gasteiger partial charge in [-0.05, 0) is 26.0 Å². The lowest BCUT2D eigenvalue weighted by molar-refractivity contribution is 0.0960. The van der Waals surface area contributed by atoms with Crippen molar-refractivity contribution in [2.24, 2.45) is 5.14 Å². The molecule has 2 N–H and O–H groups in total. The summed E-state index contributed by atoms with van der Waals surface area (Å²) < 4.78 is -0.413. The second-order valence-electron chi connectivity index (χ2n) is 3.67. The van der Waals surface area contributed by atoms with Gasteiger partial charge < -0.3 is 0 Å². The molecule has 1 aromatic carbocycles. The molecule has 0 amide bonds. The lowest BCUT2D eigenvalue weighted by Crippen LogP contribution is -2.38. The number of ketones is 1. The van der Waals surface area contributed by atoms with Gasteiger partial charge in [0.05, 0.1) is 5.56 Å². The molecule has 0 spiro atoms. The van der Waals surface area contributed by atoms with E-state index >= 15 is 0 Å². The molecule has 3 heteroatoms. The SMILES string of the molecule is CC1(C)C(=O)c2ccccc2[S+]1N. The third kappa shape index (κ3) is 1.04. The van der Waals surface area contributed by atoms with Gasteiger partial charge in [0, 0.05) is 0 Å². The van der Waals surface area contributed by atoms with Gasteiger partial charge in [-0.3, -0.25) is 4.79 Å². The molecule has 0 fully saturated rings. The van der Waals surface area contributed by atoms with Crippen LogP contribution in [0.5, 0.6) is 0 Å². The Bertz CT molecular complexity index is 373. The Hall–Kier alpha value is -0.800. The third-order valence-electron chi connectivity index (χ3n) is 2.47. The molecule has 1 aliphatic heterocycles. The van der Waals surface area contributed by atoms with Crippen LogP contribution < -0.4 is 5.14 Å². The fraction of sp³-hybridized carbons (Fsp3) is 0.300. The van der Waals surface area contributed by atoms with Gasteiger partial charge in [0.15, 0.2) is 4.90 Å². The monoisotopic (exact) mass is 194 g/mol. The van der Waals surface area contributed by atoms with Crippen molar-refractivity contribution in [1.82, 2.24) is 0 Å². The van der Waals surface area contributed by atoms with Crippen molar-refractivity contribution < 1.29 is 4.79 Å². The Labute approximate surface area is 80.6 Å². The van der Waals surface area contributed by atoms with E-state index in [1.54, 1.807) is 0 Å². The molecule has 0 aromatic heterocycles. The van der Waals surface area contributed by atoms with Crippen LogP contribution in [0.3, 0.4) is 0 Å². The fourth-order valence-electron chi connectivity index (χ4n) is 1.55. The Morgan fingerprint density at radius 1 is 1.31 bits per heavy atom. The van der Waals surface area contributed by atoms with Gasteiger partial charge in [0.2, 0.25) is 10.5 Å². The molecule has 1 aliphatic rings. The summed E-state index contributed by atoms with van der Waals surface area (Å²) in [6.45, 7) is 3.83. The first-order valence-corrected chi connectivity index (χ1v) is 5.46. The van der Waals surface area contributed by atoms with Crippen LogP contribution in [0.4, 0.5) is 0 Å². The van der Waals surface area contributed by atoms with Crippen molar-refractivity contribution in [2.75, 3.05) is 0 Å². The van der Waals surface area contributed by atoms with Crippen LogP contribution in [0.1, 0.15) is 24.2 Å². The van der Waals surface area contributed by atoms with Crippen LogP contribution in [0, 0.1) is 0 Å². The third-order valence-corrected chi connectivity index (χ3v) is 4.58. The van der Waals surface area contributed by atoms with E-state index in [1.807, 2.05) is 38.1 Å². The average Bonchev–Trinajstić information content (AvgIpc) is 2.30. The molecular formula is C10H12NOS+. The minimum Gasteiger partial charge on any atom is -0.288 e. The number of fused-ring (bicyclic) bond motifs is 1. The number of rotatable bonds is 0. The summed E-state index contributed by atoms with van der Waals surface area (Å²) in [6.07, 6.45) is 0. The van der Waals surface area contributed by atoms with Crippen LogP contribution in [0.2, 0.25) is 0 Å². The van der Waals surface area contributed by atoms with E-state index in [1.165, 1.54) is 0 Å². The highest BCUT2D eigenvalue weighted by molar-refractivity contribution is 7.97. The van der Waals surface area contributed by atoms with Gasteiger partial charge in [0.25, 0.3) is 0 Å². The van der Waals surface area contributed by atoms with E-state index < -0.39 is 15.8 Å². The number of carbonyl (C=O) groups is 1. The van der Waals surface area contributed by atoms with E-state index in [2.05, 4.69) is 0 Å². The second kappa shape index (κ2) is 2.59. The van der Waals surface area contributed by atoms with E-state index in [0.717, 1.165) is 10.5 Å². The molecule has 68 valence electrons. The standard InChI is InChI=1S/C10H12NOS/c1-10(2)9(12)7-5-3-4-6-8(7)13(10)11/h3-6H,11H2,1-2H3/q+1. The second-order valence-corrected chi connectivity index (χ2v) is 5.81. The molecule has 1 heterocycles. The van der Waals surface area contributed by atoms with Crippen molar-refractivity contribution >= 4 is 16.9 Å². The molecule has 1 unspecified atom stereocenters. The lowest BCUT2D eigenvalue weighted by atomic mass is 10.0. The summed E-state index contributed by atoms with van der Waals surface area (Å²) in [5.41, 5.74) is 0.804. The highest BCUT2D eigenvalue weighted by Gasteiger charge is 2.54. The molecule has 1 atom stereocenters. The van der Waals surface area contributed by atoms with E-state index in [0.29, 0.717) is 0 Å². The van der Waals surface area contributed by atoms with E-state index in [9.17, 15) is 4.79 Å². The molecule has 0 aliphatic carbocycles. The van der Waals surface area contributed by atoms with Crippen LogP contribution >= 0.6 is 0 Å². The maximum atomic E-state index is 11.9. The topological polar surface area (TPSA) is 43.1 Å². The van der Waals surface area contributed by atoms with Crippen molar-refractivity contribution in [3.05, 3.63) is 29.8 Å². The number of benzene rings is 1. The zero-order valence-corrected chi connectivity index (χ0v) is 8.52. The predicted molar refractivity (Wildman–Crippen MR) is 54.7 cm³/mol. The Balaban J connectivity index is 2.64. The Morgan fingerprint density at radius 2 is 1.92 bits per heavy atom. The van der Waals surface area contributed by atoms with Crippen molar-refractivity contribution in [2.45, 2.75) is 23.5 Å². The minimum absolute atomic E-state index is 0.175. The highest BCUT2D eigenvalue weighted by atomic mass is 32.2. The van der Waals surface area contributed by atoms with Crippen molar-refractivity contribution in [1.29, 1.82) is 0 Å². The van der Waals surface area contributed by atoms with Crippen LogP contribution in [0.15, 0.2) is 29.2 Å². The summed E-state index contributed by atoms with van der Waals surface area (Å²) in [5.74, 6) is 0.175. The van der Waals surface area contributed by atoms with Gasteiger partial charge in [-0.15, -0.1) is 5.14 Å². The normalized spacial score (nSPS) is 24.5. The molecule has 2 rings (SSSR count). The minimum atomic E-state index is -0.438. The van der Waals surface area contributed by atoms with Gasteiger partial charge in [-0.2, -0.15) is 0 Å². The molecule has 0 radical (unpaired) electrons. The van der Waals surface area contributed by atoms with Crippen molar-refractivity contribution in [3.63, 3.8) is 0 Å². The largest absolute Gasteiger partial charge is 0.288 e. The van der Waals surface area contributed by atoms with E-state index in [-0.39, 0.29) is 5.78 Å². The molecule has 13 heavy (non-hydrogen) atoms. The molecule has 0 bridgehead atoms. The molecule has 1 aromatic rings. The molecular weight excluding hydrogens is 182 g/mol. The van der Waals surface area contributed by atoms with Crippen molar-refractivity contribution in [3.8, 4) is 0 Å². The number of hydrogen-bond donors (Lipinski definition) is 1. The van der Waals surface area contributed by atoms with E-state index in [4.69, 9.17) is 5.14 Å². The maximum Gasteiger partial charge on any atom is 0.224 e. The molecule has 2 nitrogen and oxygen atoms in total.